The Morgan fingerprint density at radius 1 is 1.11 bits per heavy atom. The lowest BCUT2D eigenvalue weighted by atomic mass is 9.72. The molecule has 6 rings (SSSR count). The van der Waals surface area contributed by atoms with Crippen LogP contribution in [0.4, 0.5) is 5.69 Å². The predicted molar refractivity (Wildman–Crippen MR) is 142 cm³/mol. The molecule has 0 bridgehead atoms. The molecule has 3 aromatic rings. The Kier molecular flexibility index (Phi) is 6.34. The number of aryl methyl sites for hydroxylation is 1. The lowest BCUT2D eigenvalue weighted by Gasteiger charge is -2.33. The van der Waals surface area contributed by atoms with Crippen LogP contribution >= 0.6 is 11.6 Å². The van der Waals surface area contributed by atoms with Crippen LogP contribution in [0.25, 0.3) is 0 Å². The maximum absolute atomic E-state index is 13.6. The van der Waals surface area contributed by atoms with Crippen molar-refractivity contribution in [2.45, 2.75) is 64.0 Å². The first-order chi connectivity index (χ1) is 17.5. The van der Waals surface area contributed by atoms with Crippen LogP contribution in [0.2, 0.25) is 5.02 Å². The molecule has 2 fully saturated rings. The number of carbonyl (C=O) groups is 1. The van der Waals surface area contributed by atoms with Gasteiger partial charge in [-0.1, -0.05) is 36.6 Å². The number of fused-ring (bicyclic) bond motifs is 1. The minimum absolute atomic E-state index is 0.0240. The molecule has 36 heavy (non-hydrogen) atoms. The van der Waals surface area contributed by atoms with Crippen LogP contribution in [0.1, 0.15) is 90.3 Å². The highest BCUT2D eigenvalue weighted by molar-refractivity contribution is 6.32. The van der Waals surface area contributed by atoms with Gasteiger partial charge in [-0.15, -0.1) is 10.2 Å². The van der Waals surface area contributed by atoms with Gasteiger partial charge in [0.05, 0.1) is 6.54 Å². The van der Waals surface area contributed by atoms with Crippen LogP contribution in [0.15, 0.2) is 42.7 Å². The number of aromatic nitrogens is 3. The minimum atomic E-state index is 0.0240. The molecule has 1 amide bonds. The van der Waals surface area contributed by atoms with Gasteiger partial charge in [-0.2, -0.15) is 0 Å². The van der Waals surface area contributed by atoms with Crippen molar-refractivity contribution >= 4 is 23.2 Å². The van der Waals surface area contributed by atoms with Gasteiger partial charge in [0.2, 0.25) is 0 Å². The van der Waals surface area contributed by atoms with E-state index in [1.165, 1.54) is 44.1 Å². The highest BCUT2D eigenvalue weighted by atomic mass is 35.5. The first kappa shape index (κ1) is 23.7. The number of carbonyl (C=O) groups excluding carboxylic acids is 1. The van der Waals surface area contributed by atoms with Crippen molar-refractivity contribution in [1.29, 1.82) is 0 Å². The monoisotopic (exact) mass is 503 g/mol. The van der Waals surface area contributed by atoms with Crippen LogP contribution in [0, 0.1) is 11.8 Å². The molecule has 1 aromatic heterocycles. The molecule has 7 heteroatoms. The van der Waals surface area contributed by atoms with Crippen LogP contribution in [-0.4, -0.2) is 27.2 Å². The molecule has 0 spiro atoms. The zero-order valence-corrected chi connectivity index (χ0v) is 21.8. The third-order valence-electron chi connectivity index (χ3n) is 8.63. The summed E-state index contributed by atoms with van der Waals surface area (Å²) in [5.74, 6) is 2.54. The van der Waals surface area contributed by atoms with Crippen molar-refractivity contribution in [1.82, 2.24) is 20.1 Å². The summed E-state index contributed by atoms with van der Waals surface area (Å²) >= 11 is 6.75. The quantitative estimate of drug-likeness (QED) is 0.408. The molecule has 3 aliphatic rings. The molecule has 188 valence electrons. The molecule has 0 radical (unpaired) electrons. The summed E-state index contributed by atoms with van der Waals surface area (Å²) in [5.41, 5.74) is 4.83. The molecule has 1 aliphatic heterocycles. The van der Waals surface area contributed by atoms with Crippen molar-refractivity contribution in [3.63, 3.8) is 0 Å². The third kappa shape index (κ3) is 4.24. The summed E-state index contributed by atoms with van der Waals surface area (Å²) < 4.78 is 2.02. The standard InChI is InChI=1S/C29H34ClN5O/c1-18(31-15-19-6-3-7-19)22-13-24-25(26(30)14-22)16-35(29(24)36)23-11-5-10-21(12-23)27(20-8-4-9-20)28-33-32-17-34(28)2/h5,10-14,17-20,27,31H,3-4,6-9,15-16H2,1-2H3/t18-,27+/m0/s1. The van der Waals surface area contributed by atoms with Crippen LogP contribution in [0.5, 0.6) is 0 Å². The molecule has 6 nitrogen and oxygen atoms in total. The largest absolute Gasteiger partial charge is 0.320 e. The first-order valence-corrected chi connectivity index (χ1v) is 13.7. The summed E-state index contributed by atoms with van der Waals surface area (Å²) in [6, 6.07) is 12.7. The topological polar surface area (TPSA) is 63.1 Å². The van der Waals surface area contributed by atoms with Crippen LogP contribution in [0.3, 0.4) is 0 Å². The van der Waals surface area contributed by atoms with Crippen LogP contribution < -0.4 is 10.2 Å². The molecule has 1 N–H and O–H groups in total. The van der Waals surface area contributed by atoms with E-state index in [1.807, 2.05) is 34.7 Å². The molecular formula is C29H34ClN5O. The molecule has 0 saturated heterocycles. The van der Waals surface area contributed by atoms with E-state index in [0.717, 1.165) is 40.7 Å². The number of amides is 1. The zero-order chi connectivity index (χ0) is 24.8. The normalized spacial score (nSPS) is 19.6. The average molecular weight is 504 g/mol. The van der Waals surface area contributed by atoms with Gasteiger partial charge in [0.1, 0.15) is 12.2 Å². The second kappa shape index (κ2) is 9.64. The molecule has 0 unspecified atom stereocenters. The minimum Gasteiger partial charge on any atom is -0.320 e. The number of hydrogen-bond acceptors (Lipinski definition) is 4. The van der Waals surface area contributed by atoms with E-state index < -0.39 is 0 Å². The smallest absolute Gasteiger partial charge is 0.258 e. The second-order valence-electron chi connectivity index (χ2n) is 10.9. The fourth-order valence-corrected chi connectivity index (χ4v) is 6.15. The van der Waals surface area contributed by atoms with E-state index >= 15 is 0 Å². The summed E-state index contributed by atoms with van der Waals surface area (Å²) in [5, 5.41) is 12.9. The van der Waals surface area contributed by atoms with Gasteiger partial charge in [0.25, 0.3) is 5.91 Å². The molecule has 2 saturated carbocycles. The van der Waals surface area contributed by atoms with E-state index in [2.05, 4.69) is 40.6 Å². The number of hydrogen-bond donors (Lipinski definition) is 1. The summed E-state index contributed by atoms with van der Waals surface area (Å²) in [6.07, 6.45) is 9.39. The van der Waals surface area contributed by atoms with Crippen molar-refractivity contribution < 1.29 is 4.79 Å². The van der Waals surface area contributed by atoms with Gasteiger partial charge in [-0.3, -0.25) is 4.79 Å². The van der Waals surface area contributed by atoms with Gasteiger partial charge in [0, 0.05) is 40.8 Å². The van der Waals surface area contributed by atoms with Gasteiger partial charge < -0.3 is 14.8 Å². The van der Waals surface area contributed by atoms with Crippen molar-refractivity contribution in [3.05, 3.63) is 75.8 Å². The van der Waals surface area contributed by atoms with Crippen LogP contribution in [-0.2, 0) is 13.6 Å². The fraction of sp³-hybridized carbons (Fsp3) is 0.483. The fourth-order valence-electron chi connectivity index (χ4n) is 5.87. The Bertz CT molecular complexity index is 1280. The van der Waals surface area contributed by atoms with Crippen molar-refractivity contribution in [3.8, 4) is 0 Å². The number of benzene rings is 2. The SMILES string of the molecule is C[C@H](NCC1CCC1)c1cc(Cl)c2c(c1)C(=O)N(c1cccc([C@H](c3nncn3C)C3CCC3)c1)C2. The predicted octanol–water partition coefficient (Wildman–Crippen LogP) is 6.01. The van der Waals surface area contributed by atoms with E-state index in [4.69, 9.17) is 11.6 Å². The summed E-state index contributed by atoms with van der Waals surface area (Å²) in [4.78, 5) is 15.5. The number of halogens is 1. The number of nitrogens with zero attached hydrogens (tertiary/aromatic N) is 4. The Morgan fingerprint density at radius 2 is 1.92 bits per heavy atom. The Labute approximate surface area is 218 Å². The second-order valence-corrected chi connectivity index (χ2v) is 11.3. The molecule has 2 heterocycles. The number of anilines is 1. The number of rotatable bonds is 8. The number of nitrogens with one attached hydrogen (secondary N) is 1. The van der Waals surface area contributed by atoms with E-state index in [9.17, 15) is 4.79 Å². The maximum atomic E-state index is 13.6. The lowest BCUT2D eigenvalue weighted by molar-refractivity contribution is 0.0996. The maximum Gasteiger partial charge on any atom is 0.258 e. The third-order valence-corrected chi connectivity index (χ3v) is 8.97. The Morgan fingerprint density at radius 3 is 2.58 bits per heavy atom. The van der Waals surface area contributed by atoms with E-state index in [-0.39, 0.29) is 17.9 Å². The van der Waals surface area contributed by atoms with Gasteiger partial charge >= 0.3 is 0 Å². The van der Waals surface area contributed by atoms with Gasteiger partial charge in [-0.05, 0) is 86.4 Å². The Hall–Kier alpha value is -2.70. The molecular weight excluding hydrogens is 470 g/mol. The summed E-state index contributed by atoms with van der Waals surface area (Å²) in [7, 11) is 2.01. The lowest BCUT2D eigenvalue weighted by Crippen LogP contribution is -2.29. The molecule has 2 atom stereocenters. The van der Waals surface area contributed by atoms with Crippen molar-refractivity contribution in [2.75, 3.05) is 11.4 Å². The Balaban J connectivity index is 1.26. The van der Waals surface area contributed by atoms with Gasteiger partial charge in [0.15, 0.2) is 0 Å². The molecule has 2 aliphatic carbocycles. The first-order valence-electron chi connectivity index (χ1n) is 13.3. The highest BCUT2D eigenvalue weighted by Gasteiger charge is 2.35. The molecule has 2 aromatic carbocycles. The highest BCUT2D eigenvalue weighted by Crippen LogP contribution is 2.44. The summed E-state index contributed by atoms with van der Waals surface area (Å²) in [6.45, 7) is 3.68. The van der Waals surface area contributed by atoms with E-state index in [1.54, 1.807) is 6.33 Å². The van der Waals surface area contributed by atoms with Gasteiger partial charge in [-0.25, -0.2) is 0 Å². The zero-order valence-electron chi connectivity index (χ0n) is 21.1. The van der Waals surface area contributed by atoms with E-state index in [0.29, 0.717) is 17.5 Å². The average Bonchev–Trinajstić information content (AvgIpc) is 3.38. The van der Waals surface area contributed by atoms with Crippen molar-refractivity contribution in [2.24, 2.45) is 18.9 Å².